The normalized spacial score (nSPS) is 15.8. The Morgan fingerprint density at radius 2 is 2.03 bits per heavy atom. The van der Waals surface area contributed by atoms with Crippen LogP contribution in [0.5, 0.6) is 0 Å². The third-order valence-corrected chi connectivity index (χ3v) is 5.92. The summed E-state index contributed by atoms with van der Waals surface area (Å²) in [6, 6.07) is 8.02. The van der Waals surface area contributed by atoms with E-state index in [4.69, 9.17) is 16.9 Å². The fourth-order valence-corrected chi connectivity index (χ4v) is 4.15. The number of nitrogens with two attached hydrogens (primary N) is 2. The molecule has 0 unspecified atom stereocenters. The first-order chi connectivity index (χ1) is 15.4. The van der Waals surface area contributed by atoms with Crippen molar-refractivity contribution in [1.82, 2.24) is 9.88 Å². The van der Waals surface area contributed by atoms with E-state index in [9.17, 15) is 9.59 Å². The van der Waals surface area contributed by atoms with E-state index in [-0.39, 0.29) is 28.8 Å². The van der Waals surface area contributed by atoms with Gasteiger partial charge in [0.25, 0.3) is 0 Å². The number of hydrogen-bond acceptors (Lipinski definition) is 7. The second-order valence-corrected chi connectivity index (χ2v) is 7.76. The van der Waals surface area contributed by atoms with Crippen LogP contribution in [0.4, 0.5) is 22.9 Å². The van der Waals surface area contributed by atoms with Crippen LogP contribution >= 0.6 is 0 Å². The van der Waals surface area contributed by atoms with Crippen molar-refractivity contribution in [3.05, 3.63) is 41.6 Å². The van der Waals surface area contributed by atoms with Crippen molar-refractivity contribution in [2.75, 3.05) is 41.3 Å². The number of carbonyl (C=O) groups is 2. The first kappa shape index (κ1) is 23.1. The Balaban J connectivity index is 1.83. The summed E-state index contributed by atoms with van der Waals surface area (Å²) in [5.74, 6) is -1.31. The van der Waals surface area contributed by atoms with Crippen molar-refractivity contribution in [2.24, 2.45) is 0 Å². The van der Waals surface area contributed by atoms with Crippen molar-refractivity contribution in [2.45, 2.75) is 39.2 Å². The molecular weight excluding hydrogens is 406 g/mol. The molecule has 3 rings (SSSR count). The van der Waals surface area contributed by atoms with Gasteiger partial charge in [0, 0.05) is 31.5 Å². The fraction of sp³-hybridized carbons (Fsp3) is 0.391. The molecule has 1 saturated heterocycles. The predicted octanol–water partition coefficient (Wildman–Crippen LogP) is 2.78. The molecule has 0 aliphatic carbocycles. The Kier molecular flexibility index (Phi) is 7.29. The number of carbonyl (C=O) groups excluding carboxylic acids is 2. The second-order valence-electron chi connectivity index (χ2n) is 7.76. The molecule has 2 heterocycles. The molecule has 9 heteroatoms. The fourth-order valence-electron chi connectivity index (χ4n) is 4.15. The maximum Gasteiger partial charge on any atom is 0.314 e. The molecule has 1 aromatic heterocycles. The quantitative estimate of drug-likeness (QED) is 0.404. The number of aromatic nitrogens is 1. The highest BCUT2D eigenvalue weighted by molar-refractivity contribution is 6.40. The highest BCUT2D eigenvalue weighted by atomic mass is 16.2. The number of nitrogens with one attached hydrogen (secondary N) is 2. The number of nitrogens with zero attached hydrogens (tertiary/aromatic N) is 3. The average molecular weight is 438 g/mol. The van der Waals surface area contributed by atoms with E-state index in [1.54, 1.807) is 4.90 Å². The number of hydrogen-bond donors (Lipinski definition) is 4. The van der Waals surface area contributed by atoms with Gasteiger partial charge in [-0.15, -0.1) is 0 Å². The van der Waals surface area contributed by atoms with E-state index in [2.05, 4.69) is 41.2 Å². The minimum absolute atomic E-state index is 0.0889. The van der Waals surface area contributed by atoms with Gasteiger partial charge >= 0.3 is 11.8 Å². The summed E-state index contributed by atoms with van der Waals surface area (Å²) in [6.07, 6.45) is 4.89. The highest BCUT2D eigenvalue weighted by Crippen LogP contribution is 2.33. The van der Waals surface area contributed by atoms with Crippen LogP contribution in [-0.4, -0.2) is 47.5 Å². The zero-order chi connectivity index (χ0) is 23.3. The van der Waals surface area contributed by atoms with E-state index in [1.165, 1.54) is 6.20 Å². The van der Waals surface area contributed by atoms with Crippen molar-refractivity contribution < 1.29 is 9.59 Å². The Morgan fingerprint density at radius 1 is 1.28 bits per heavy atom. The molecule has 6 N–H and O–H groups in total. The van der Waals surface area contributed by atoms with Crippen LogP contribution in [-0.2, 0) is 9.59 Å². The van der Waals surface area contributed by atoms with Gasteiger partial charge in [0.2, 0.25) is 0 Å². The number of piperidine rings is 1. The van der Waals surface area contributed by atoms with E-state index in [0.29, 0.717) is 6.54 Å². The van der Waals surface area contributed by atoms with Gasteiger partial charge in [-0.2, -0.15) is 0 Å². The molecule has 170 valence electrons. The zero-order valence-electron chi connectivity index (χ0n) is 18.6. The molecule has 9 nitrogen and oxygen atoms in total. The van der Waals surface area contributed by atoms with Crippen LogP contribution in [0.1, 0.15) is 50.3 Å². The van der Waals surface area contributed by atoms with Crippen LogP contribution in [0.2, 0.25) is 0 Å². The Bertz CT molecular complexity index is 1000. The maximum absolute atomic E-state index is 13.1. The first-order valence-corrected chi connectivity index (χ1v) is 10.9. The van der Waals surface area contributed by atoms with E-state index >= 15 is 0 Å². The van der Waals surface area contributed by atoms with E-state index in [0.717, 1.165) is 49.8 Å². The molecule has 0 radical (unpaired) electrons. The Labute approximate surface area is 188 Å². The summed E-state index contributed by atoms with van der Waals surface area (Å²) in [5, 5.41) is 9.97. The molecule has 1 aromatic carbocycles. The SMILES string of the molecule is CCN(CC)c1cccc([C@H]2CCCCN2C(=O)C(=O)Nc2cnc(N)c(C=N)c2N)c1. The summed E-state index contributed by atoms with van der Waals surface area (Å²) in [6.45, 7) is 6.51. The molecule has 0 bridgehead atoms. The largest absolute Gasteiger partial charge is 0.396 e. The van der Waals surface area contributed by atoms with E-state index in [1.807, 2.05) is 12.1 Å². The summed E-state index contributed by atoms with van der Waals surface area (Å²) < 4.78 is 0. The molecule has 1 atom stereocenters. The van der Waals surface area contributed by atoms with Crippen LogP contribution in [0.25, 0.3) is 0 Å². The molecule has 0 saturated carbocycles. The third-order valence-electron chi connectivity index (χ3n) is 5.92. The molecule has 1 aliphatic rings. The molecule has 1 aliphatic heterocycles. The lowest BCUT2D eigenvalue weighted by Crippen LogP contribution is -2.44. The minimum Gasteiger partial charge on any atom is -0.396 e. The topological polar surface area (TPSA) is 141 Å². The minimum atomic E-state index is -0.786. The van der Waals surface area contributed by atoms with E-state index < -0.39 is 11.8 Å². The number of likely N-dealkylation sites (tertiary alicyclic amines) is 1. The molecule has 2 aromatic rings. The maximum atomic E-state index is 13.1. The van der Waals surface area contributed by atoms with Crippen LogP contribution in [0.3, 0.4) is 0 Å². The van der Waals surface area contributed by atoms with Crippen molar-refractivity contribution in [1.29, 1.82) is 5.41 Å². The van der Waals surface area contributed by atoms with Gasteiger partial charge in [-0.25, -0.2) is 4.98 Å². The van der Waals surface area contributed by atoms with Gasteiger partial charge in [0.05, 0.1) is 29.2 Å². The van der Waals surface area contributed by atoms with Crippen LogP contribution < -0.4 is 21.7 Å². The molecule has 0 spiro atoms. The molecular formula is C23H31N7O2. The van der Waals surface area contributed by atoms with Crippen molar-refractivity contribution in [3.8, 4) is 0 Å². The zero-order valence-corrected chi connectivity index (χ0v) is 18.6. The van der Waals surface area contributed by atoms with Gasteiger partial charge in [-0.1, -0.05) is 12.1 Å². The van der Waals surface area contributed by atoms with Gasteiger partial charge < -0.3 is 32.0 Å². The highest BCUT2D eigenvalue weighted by Gasteiger charge is 2.32. The Morgan fingerprint density at radius 3 is 2.72 bits per heavy atom. The third kappa shape index (κ3) is 4.66. The number of rotatable bonds is 6. The van der Waals surface area contributed by atoms with Crippen molar-refractivity contribution >= 4 is 40.9 Å². The lowest BCUT2D eigenvalue weighted by molar-refractivity contribution is -0.145. The lowest BCUT2D eigenvalue weighted by atomic mass is 9.94. The monoisotopic (exact) mass is 437 g/mol. The number of benzene rings is 1. The summed E-state index contributed by atoms with van der Waals surface area (Å²) in [4.78, 5) is 33.8. The smallest absolute Gasteiger partial charge is 0.314 e. The lowest BCUT2D eigenvalue weighted by Gasteiger charge is -2.36. The van der Waals surface area contributed by atoms with Gasteiger partial charge in [-0.3, -0.25) is 9.59 Å². The molecule has 2 amide bonds. The number of amides is 2. The second kappa shape index (κ2) is 10.1. The van der Waals surface area contributed by atoms with Gasteiger partial charge in [0.15, 0.2) is 0 Å². The number of anilines is 4. The summed E-state index contributed by atoms with van der Waals surface area (Å²) in [7, 11) is 0. The predicted molar refractivity (Wildman–Crippen MR) is 128 cm³/mol. The van der Waals surface area contributed by atoms with Crippen molar-refractivity contribution in [3.63, 3.8) is 0 Å². The standard InChI is InChI=1S/C23H31N7O2/c1-3-29(4-2)16-9-7-8-15(12-16)19-10-5-6-11-30(19)23(32)22(31)28-18-14-27-21(26)17(13-24)20(18)25/h7-9,12-14,19,24H,3-6,10-11H2,1-2H3,(H,28,31)(H4,25,26,27)/t19-/m1/s1. The molecule has 1 fully saturated rings. The number of pyridine rings is 1. The van der Waals surface area contributed by atoms with Gasteiger partial charge in [0.1, 0.15) is 5.82 Å². The number of nitrogen functional groups attached to an aromatic ring is 2. The van der Waals surface area contributed by atoms with Crippen LogP contribution in [0, 0.1) is 5.41 Å². The van der Waals surface area contributed by atoms with Crippen LogP contribution in [0.15, 0.2) is 30.5 Å². The summed E-state index contributed by atoms with van der Waals surface area (Å²) in [5.41, 5.74) is 14.3. The average Bonchev–Trinajstić information content (AvgIpc) is 2.82. The molecule has 32 heavy (non-hydrogen) atoms. The van der Waals surface area contributed by atoms with Gasteiger partial charge in [-0.05, 0) is 50.8 Å². The first-order valence-electron chi connectivity index (χ1n) is 10.9. The Hall–Kier alpha value is -3.62. The summed E-state index contributed by atoms with van der Waals surface area (Å²) >= 11 is 0.